The third-order valence-corrected chi connectivity index (χ3v) is 3.55. The topological polar surface area (TPSA) is 82.2 Å². The van der Waals surface area contributed by atoms with Crippen LogP contribution in [0.1, 0.15) is 33.1 Å². The van der Waals surface area contributed by atoms with Crippen LogP contribution in [0.4, 0.5) is 0 Å². The lowest BCUT2D eigenvalue weighted by molar-refractivity contribution is -0.119. The van der Waals surface area contributed by atoms with Crippen LogP contribution in [0.5, 0.6) is 0 Å². The maximum absolute atomic E-state index is 10.9. The summed E-state index contributed by atoms with van der Waals surface area (Å²) in [5, 5.41) is 12.4. The van der Waals surface area contributed by atoms with Crippen molar-refractivity contribution in [3.63, 3.8) is 0 Å². The molecular weight excluding hydrogens is 228 g/mol. The normalized spacial score (nSPS) is 21.2. The molecule has 0 aromatic heterocycles. The monoisotopic (exact) mass is 252 g/mol. The van der Waals surface area contributed by atoms with E-state index < -0.39 is 5.54 Å². The smallest absolute Gasteiger partial charge is 0.217 e. The average molecular weight is 252 g/mol. The van der Waals surface area contributed by atoms with Gasteiger partial charge >= 0.3 is 0 Å². The van der Waals surface area contributed by atoms with Crippen LogP contribution in [0.25, 0.3) is 0 Å². The molecule has 18 heavy (non-hydrogen) atoms. The molecule has 0 saturated carbocycles. The number of rotatable bonds is 6. The Morgan fingerprint density at radius 2 is 2.17 bits per heavy atom. The van der Waals surface area contributed by atoms with E-state index in [1.165, 1.54) is 0 Å². The molecule has 0 radical (unpaired) electrons. The van der Waals surface area contributed by atoms with Crippen molar-refractivity contribution in [2.45, 2.75) is 38.6 Å². The van der Waals surface area contributed by atoms with Gasteiger partial charge in [-0.25, -0.2) is 0 Å². The Bertz CT molecular complexity index is 317. The number of nitrogens with one attached hydrogen (secondary N) is 1. The molecule has 5 heteroatoms. The summed E-state index contributed by atoms with van der Waals surface area (Å²) in [6.45, 7) is 7.37. The number of carbonyl (C=O) groups excluding carboxylic acids is 1. The number of nitriles is 1. The molecule has 1 rings (SSSR count). The first-order valence-electron chi connectivity index (χ1n) is 6.66. The van der Waals surface area contributed by atoms with E-state index in [0.29, 0.717) is 12.3 Å². The fourth-order valence-corrected chi connectivity index (χ4v) is 2.60. The molecular formula is C13H24N4O. The van der Waals surface area contributed by atoms with E-state index in [9.17, 15) is 10.1 Å². The van der Waals surface area contributed by atoms with Gasteiger partial charge in [-0.05, 0) is 45.3 Å². The highest BCUT2D eigenvalue weighted by molar-refractivity contribution is 5.73. The lowest BCUT2D eigenvalue weighted by atomic mass is 9.92. The molecule has 5 nitrogen and oxygen atoms in total. The van der Waals surface area contributed by atoms with Crippen LogP contribution in [-0.2, 0) is 4.79 Å². The SMILES string of the molecule is CCNC(C)(C#N)CN1CCC(CC(N)=O)CC1. The molecule has 3 N–H and O–H groups in total. The molecule has 0 aliphatic carbocycles. The van der Waals surface area contributed by atoms with Gasteiger partial charge in [0, 0.05) is 13.0 Å². The Morgan fingerprint density at radius 1 is 1.56 bits per heavy atom. The quantitative estimate of drug-likeness (QED) is 0.719. The summed E-state index contributed by atoms with van der Waals surface area (Å²) in [5.41, 5.74) is 4.73. The van der Waals surface area contributed by atoms with Crippen LogP contribution in [0.15, 0.2) is 0 Å². The van der Waals surface area contributed by atoms with Crippen LogP contribution >= 0.6 is 0 Å². The number of primary amides is 1. The predicted octanol–water partition coefficient (Wildman–Crippen LogP) is 0.466. The van der Waals surface area contributed by atoms with Gasteiger partial charge in [-0.1, -0.05) is 6.92 Å². The number of nitrogens with two attached hydrogens (primary N) is 1. The van der Waals surface area contributed by atoms with Gasteiger partial charge in [-0.15, -0.1) is 0 Å². The summed E-state index contributed by atoms with van der Waals surface area (Å²) in [6.07, 6.45) is 2.49. The van der Waals surface area contributed by atoms with Crippen LogP contribution < -0.4 is 11.1 Å². The second kappa shape index (κ2) is 6.72. The van der Waals surface area contributed by atoms with Crippen molar-refractivity contribution < 1.29 is 4.79 Å². The van der Waals surface area contributed by atoms with Crippen molar-refractivity contribution in [3.8, 4) is 6.07 Å². The second-order valence-electron chi connectivity index (χ2n) is 5.36. The van der Waals surface area contributed by atoms with Crippen molar-refractivity contribution in [1.82, 2.24) is 10.2 Å². The number of likely N-dealkylation sites (N-methyl/N-ethyl adjacent to an activating group) is 1. The summed E-state index contributed by atoms with van der Waals surface area (Å²) in [4.78, 5) is 13.2. The zero-order chi connectivity index (χ0) is 13.6. The summed E-state index contributed by atoms with van der Waals surface area (Å²) < 4.78 is 0. The Kier molecular flexibility index (Phi) is 5.57. The van der Waals surface area contributed by atoms with Gasteiger partial charge in [0.1, 0.15) is 5.54 Å². The number of carbonyl (C=O) groups is 1. The number of piperidine rings is 1. The number of likely N-dealkylation sites (tertiary alicyclic amines) is 1. The zero-order valence-electron chi connectivity index (χ0n) is 11.4. The number of hydrogen-bond acceptors (Lipinski definition) is 4. The van der Waals surface area contributed by atoms with Crippen molar-refractivity contribution in [2.75, 3.05) is 26.2 Å². The molecule has 1 aliphatic rings. The fourth-order valence-electron chi connectivity index (χ4n) is 2.60. The summed E-state index contributed by atoms with van der Waals surface area (Å²) in [7, 11) is 0. The summed E-state index contributed by atoms with van der Waals surface area (Å²) >= 11 is 0. The van der Waals surface area contributed by atoms with Gasteiger partial charge < -0.3 is 10.6 Å². The molecule has 0 aromatic rings. The Morgan fingerprint density at radius 3 is 2.61 bits per heavy atom. The van der Waals surface area contributed by atoms with Crippen molar-refractivity contribution in [1.29, 1.82) is 5.26 Å². The molecule has 1 unspecified atom stereocenters. The molecule has 1 fully saturated rings. The minimum absolute atomic E-state index is 0.206. The average Bonchev–Trinajstić information content (AvgIpc) is 2.31. The maximum atomic E-state index is 10.9. The highest BCUT2D eigenvalue weighted by Gasteiger charge is 2.28. The van der Waals surface area contributed by atoms with Crippen molar-refractivity contribution in [2.24, 2.45) is 11.7 Å². The highest BCUT2D eigenvalue weighted by atomic mass is 16.1. The van der Waals surface area contributed by atoms with E-state index in [0.717, 1.165) is 39.0 Å². The van der Waals surface area contributed by atoms with E-state index in [-0.39, 0.29) is 5.91 Å². The molecule has 0 aromatic carbocycles. The largest absolute Gasteiger partial charge is 0.370 e. The Balaban J connectivity index is 2.39. The minimum Gasteiger partial charge on any atom is -0.370 e. The lowest BCUT2D eigenvalue weighted by Gasteiger charge is -2.36. The molecule has 1 saturated heterocycles. The van der Waals surface area contributed by atoms with Gasteiger partial charge in [0.15, 0.2) is 0 Å². The third-order valence-electron chi connectivity index (χ3n) is 3.55. The van der Waals surface area contributed by atoms with Crippen LogP contribution in [-0.4, -0.2) is 42.5 Å². The van der Waals surface area contributed by atoms with Crippen molar-refractivity contribution >= 4 is 5.91 Å². The van der Waals surface area contributed by atoms with Crippen LogP contribution in [0, 0.1) is 17.2 Å². The van der Waals surface area contributed by atoms with Gasteiger partial charge in [0.2, 0.25) is 5.91 Å². The number of hydrogen-bond donors (Lipinski definition) is 2. The molecule has 102 valence electrons. The lowest BCUT2D eigenvalue weighted by Crippen LogP contribution is -2.52. The van der Waals surface area contributed by atoms with E-state index >= 15 is 0 Å². The standard InChI is InChI=1S/C13H24N4O/c1-3-16-13(2,9-14)10-17-6-4-11(5-7-17)8-12(15)18/h11,16H,3-8,10H2,1-2H3,(H2,15,18). The molecule has 1 amide bonds. The third kappa shape index (κ3) is 4.63. The molecule has 1 atom stereocenters. The first-order valence-corrected chi connectivity index (χ1v) is 6.66. The summed E-state index contributed by atoms with van der Waals surface area (Å²) in [5.74, 6) is 0.217. The van der Waals surface area contributed by atoms with Gasteiger partial charge in [0.25, 0.3) is 0 Å². The number of nitrogens with zero attached hydrogens (tertiary/aromatic N) is 2. The minimum atomic E-state index is -0.481. The van der Waals surface area contributed by atoms with E-state index in [2.05, 4.69) is 16.3 Å². The molecule has 0 spiro atoms. The molecule has 0 bridgehead atoms. The maximum Gasteiger partial charge on any atom is 0.217 e. The summed E-state index contributed by atoms with van der Waals surface area (Å²) in [6, 6.07) is 2.34. The van der Waals surface area contributed by atoms with Gasteiger partial charge in [-0.3, -0.25) is 10.1 Å². The van der Waals surface area contributed by atoms with Crippen LogP contribution in [0.3, 0.4) is 0 Å². The molecule has 1 aliphatic heterocycles. The number of amides is 1. The first kappa shape index (κ1) is 14.9. The molecule has 1 heterocycles. The first-order chi connectivity index (χ1) is 8.49. The fraction of sp³-hybridized carbons (Fsp3) is 0.846. The van der Waals surface area contributed by atoms with E-state index in [1.807, 2.05) is 13.8 Å². The zero-order valence-corrected chi connectivity index (χ0v) is 11.4. The van der Waals surface area contributed by atoms with Gasteiger partial charge in [-0.2, -0.15) is 5.26 Å². The van der Waals surface area contributed by atoms with Gasteiger partial charge in [0.05, 0.1) is 6.07 Å². The Labute approximate surface area is 109 Å². The van der Waals surface area contributed by atoms with Crippen LogP contribution in [0.2, 0.25) is 0 Å². The second-order valence-corrected chi connectivity index (χ2v) is 5.36. The van der Waals surface area contributed by atoms with Crippen molar-refractivity contribution in [3.05, 3.63) is 0 Å². The van der Waals surface area contributed by atoms with E-state index in [1.54, 1.807) is 0 Å². The Hall–Kier alpha value is -1.12. The highest BCUT2D eigenvalue weighted by Crippen LogP contribution is 2.21. The predicted molar refractivity (Wildman–Crippen MR) is 70.7 cm³/mol. The van der Waals surface area contributed by atoms with E-state index in [4.69, 9.17) is 5.73 Å².